The second-order valence-electron chi connectivity index (χ2n) is 3.74. The Morgan fingerprint density at radius 2 is 1.47 bits per heavy atom. The standard InChI is InChI=1S/C14H10Cl2O3/c15-14(13(17)19-16,11-7-3-1-4-8-11)18-12-9-5-2-6-10-12/h1-10H. The zero-order chi connectivity index (χ0) is 13.7. The lowest BCUT2D eigenvalue weighted by atomic mass is 10.1. The van der Waals surface area contributed by atoms with Gasteiger partial charge < -0.3 is 9.03 Å². The second-order valence-corrected chi connectivity index (χ2v) is 4.43. The molecule has 0 heterocycles. The lowest BCUT2D eigenvalue weighted by molar-refractivity contribution is -0.145. The number of alkyl halides is 1. The molecule has 0 radical (unpaired) electrons. The molecule has 0 aliphatic rings. The fourth-order valence-electron chi connectivity index (χ4n) is 1.57. The summed E-state index contributed by atoms with van der Waals surface area (Å²) in [6.45, 7) is 0. The molecule has 0 amide bonds. The molecule has 2 rings (SSSR count). The van der Waals surface area contributed by atoms with Crippen LogP contribution >= 0.6 is 23.5 Å². The summed E-state index contributed by atoms with van der Waals surface area (Å²) in [5, 5.41) is -1.82. The lowest BCUT2D eigenvalue weighted by Gasteiger charge is -2.24. The molecule has 1 unspecified atom stereocenters. The van der Waals surface area contributed by atoms with Crippen molar-refractivity contribution >= 4 is 29.4 Å². The Bertz CT molecular complexity index is 545. The van der Waals surface area contributed by atoms with Crippen LogP contribution in [0.2, 0.25) is 0 Å². The minimum absolute atomic E-state index is 0.434. The largest absolute Gasteiger partial charge is 0.457 e. The number of hydrogen-bond donors (Lipinski definition) is 0. The highest BCUT2D eigenvalue weighted by Gasteiger charge is 2.43. The van der Waals surface area contributed by atoms with Crippen molar-refractivity contribution in [3.8, 4) is 5.75 Å². The Labute approximate surface area is 120 Å². The number of para-hydroxylation sites is 1. The third-order valence-corrected chi connectivity index (χ3v) is 3.07. The third-order valence-electron chi connectivity index (χ3n) is 2.48. The summed E-state index contributed by atoms with van der Waals surface area (Å²) in [4.78, 5) is 11.8. The van der Waals surface area contributed by atoms with Crippen molar-refractivity contribution in [3.05, 3.63) is 66.2 Å². The van der Waals surface area contributed by atoms with Gasteiger partial charge in [-0.15, -0.1) is 0 Å². The average Bonchev–Trinajstić information content (AvgIpc) is 2.48. The van der Waals surface area contributed by atoms with Crippen LogP contribution in [-0.4, -0.2) is 5.97 Å². The van der Waals surface area contributed by atoms with Crippen LogP contribution in [0.3, 0.4) is 0 Å². The molecule has 0 bridgehead atoms. The van der Waals surface area contributed by atoms with Crippen molar-refractivity contribution in [3.63, 3.8) is 0 Å². The summed E-state index contributed by atoms with van der Waals surface area (Å²) in [5.41, 5.74) is 0.436. The van der Waals surface area contributed by atoms with E-state index in [0.29, 0.717) is 11.3 Å². The van der Waals surface area contributed by atoms with Crippen molar-refractivity contribution in [1.29, 1.82) is 0 Å². The van der Waals surface area contributed by atoms with Gasteiger partial charge in [-0.1, -0.05) is 60.1 Å². The smallest absolute Gasteiger partial charge is 0.389 e. The number of hydrogen-bond acceptors (Lipinski definition) is 3. The minimum atomic E-state index is -1.82. The molecule has 0 N–H and O–H groups in total. The van der Waals surface area contributed by atoms with Gasteiger partial charge in [0.2, 0.25) is 0 Å². The highest BCUT2D eigenvalue weighted by atomic mass is 35.5. The molecule has 0 aliphatic carbocycles. The predicted molar refractivity (Wildman–Crippen MR) is 73.0 cm³/mol. The number of carbonyl (C=O) groups excluding carboxylic acids is 1. The first-order valence-electron chi connectivity index (χ1n) is 5.48. The zero-order valence-corrected chi connectivity index (χ0v) is 11.3. The summed E-state index contributed by atoms with van der Waals surface area (Å²) >= 11 is 11.4. The van der Waals surface area contributed by atoms with Crippen molar-refractivity contribution in [2.24, 2.45) is 0 Å². The number of halogens is 2. The Kier molecular flexibility index (Phi) is 4.30. The molecule has 0 aliphatic heterocycles. The molecule has 5 heteroatoms. The summed E-state index contributed by atoms with van der Waals surface area (Å²) < 4.78 is 9.77. The van der Waals surface area contributed by atoms with Gasteiger partial charge in [0.15, 0.2) is 0 Å². The van der Waals surface area contributed by atoms with Crippen LogP contribution in [-0.2, 0) is 14.1 Å². The second kappa shape index (κ2) is 5.95. The van der Waals surface area contributed by atoms with Crippen LogP contribution in [0.4, 0.5) is 0 Å². The fourth-order valence-corrected chi connectivity index (χ4v) is 1.97. The van der Waals surface area contributed by atoms with E-state index in [-0.39, 0.29) is 0 Å². The van der Waals surface area contributed by atoms with E-state index in [9.17, 15) is 4.79 Å². The maximum absolute atomic E-state index is 11.8. The molecule has 0 fully saturated rings. The van der Waals surface area contributed by atoms with E-state index in [1.165, 1.54) is 0 Å². The van der Waals surface area contributed by atoms with E-state index in [1.54, 1.807) is 54.6 Å². The van der Waals surface area contributed by atoms with Gasteiger partial charge >= 0.3 is 11.0 Å². The number of ether oxygens (including phenoxy) is 1. The van der Waals surface area contributed by atoms with E-state index in [0.717, 1.165) is 0 Å². The zero-order valence-electron chi connectivity index (χ0n) is 9.75. The molecule has 98 valence electrons. The van der Waals surface area contributed by atoms with Crippen LogP contribution in [0.5, 0.6) is 5.75 Å². The summed E-state index contributed by atoms with van der Waals surface area (Å²) in [6, 6.07) is 17.3. The molecule has 2 aromatic rings. The SMILES string of the molecule is O=C(OCl)C(Cl)(Oc1ccccc1)c1ccccc1. The van der Waals surface area contributed by atoms with Crippen molar-refractivity contribution in [2.75, 3.05) is 0 Å². The minimum Gasteiger partial charge on any atom is -0.457 e. The van der Waals surface area contributed by atoms with Crippen LogP contribution in [0.15, 0.2) is 60.7 Å². The van der Waals surface area contributed by atoms with Gasteiger partial charge in [-0.05, 0) is 12.1 Å². The van der Waals surface area contributed by atoms with Gasteiger partial charge in [0.1, 0.15) is 17.6 Å². The molecular formula is C14H10Cl2O3. The van der Waals surface area contributed by atoms with Gasteiger partial charge in [0.25, 0.3) is 0 Å². The predicted octanol–water partition coefficient (Wildman–Crippen LogP) is 3.85. The van der Waals surface area contributed by atoms with Crippen LogP contribution < -0.4 is 4.74 Å². The molecule has 0 saturated heterocycles. The first kappa shape index (κ1) is 13.7. The van der Waals surface area contributed by atoms with Gasteiger partial charge in [0, 0.05) is 5.56 Å². The first-order valence-corrected chi connectivity index (χ1v) is 6.17. The third kappa shape index (κ3) is 3.00. The molecule has 0 spiro atoms. The summed E-state index contributed by atoms with van der Waals surface area (Å²) in [7, 11) is 0. The molecule has 19 heavy (non-hydrogen) atoms. The normalized spacial score (nSPS) is 13.4. The van der Waals surface area contributed by atoms with E-state index in [1.807, 2.05) is 6.07 Å². The number of carbonyl (C=O) groups is 1. The van der Waals surface area contributed by atoms with Gasteiger partial charge in [-0.3, -0.25) is 0 Å². The number of benzene rings is 2. The van der Waals surface area contributed by atoms with Crippen LogP contribution in [0, 0.1) is 0 Å². The van der Waals surface area contributed by atoms with Gasteiger partial charge in [-0.2, -0.15) is 0 Å². The van der Waals surface area contributed by atoms with Crippen molar-refractivity contribution < 1.29 is 13.8 Å². The quantitative estimate of drug-likeness (QED) is 0.804. The molecule has 1 atom stereocenters. The average molecular weight is 297 g/mol. The Balaban J connectivity index is 2.39. The Hall–Kier alpha value is -1.71. The molecule has 0 aromatic heterocycles. The number of rotatable bonds is 4. The highest BCUT2D eigenvalue weighted by Crippen LogP contribution is 2.34. The Morgan fingerprint density at radius 3 is 2.00 bits per heavy atom. The van der Waals surface area contributed by atoms with E-state index in [4.69, 9.17) is 28.2 Å². The highest BCUT2D eigenvalue weighted by molar-refractivity contribution is 6.34. The molecular weight excluding hydrogens is 287 g/mol. The maximum atomic E-state index is 11.8. The fraction of sp³-hybridized carbons (Fsp3) is 0.0714. The molecule has 2 aromatic carbocycles. The summed E-state index contributed by atoms with van der Waals surface area (Å²) in [6.07, 6.45) is 0. The molecule has 3 nitrogen and oxygen atoms in total. The first-order chi connectivity index (χ1) is 9.16. The lowest BCUT2D eigenvalue weighted by Crippen LogP contribution is -2.36. The monoisotopic (exact) mass is 296 g/mol. The van der Waals surface area contributed by atoms with Crippen molar-refractivity contribution in [2.45, 2.75) is 5.06 Å². The van der Waals surface area contributed by atoms with E-state index in [2.05, 4.69) is 4.29 Å². The topological polar surface area (TPSA) is 35.5 Å². The van der Waals surface area contributed by atoms with Crippen LogP contribution in [0.1, 0.15) is 5.56 Å². The van der Waals surface area contributed by atoms with E-state index < -0.39 is 11.0 Å². The summed E-state index contributed by atoms with van der Waals surface area (Å²) in [5.74, 6) is -0.464. The maximum Gasteiger partial charge on any atom is 0.389 e. The van der Waals surface area contributed by atoms with Crippen LogP contribution in [0.25, 0.3) is 0 Å². The Morgan fingerprint density at radius 1 is 0.947 bits per heavy atom. The van der Waals surface area contributed by atoms with Gasteiger partial charge in [0.05, 0.1) is 0 Å². The van der Waals surface area contributed by atoms with E-state index >= 15 is 0 Å². The van der Waals surface area contributed by atoms with Gasteiger partial charge in [-0.25, -0.2) is 4.79 Å². The molecule has 0 saturated carbocycles. The van der Waals surface area contributed by atoms with Crippen molar-refractivity contribution in [1.82, 2.24) is 0 Å².